The van der Waals surface area contributed by atoms with Gasteiger partial charge in [0, 0.05) is 18.8 Å². The van der Waals surface area contributed by atoms with Crippen LogP contribution in [-0.4, -0.2) is 47.3 Å². The van der Waals surface area contributed by atoms with E-state index in [9.17, 15) is 4.79 Å². The SMILES string of the molecule is CC(C)(C)c1ccccc1Nc1ccc(C(=O)N2CCOCC2)nn1. The van der Waals surface area contributed by atoms with Crippen LogP contribution in [-0.2, 0) is 10.2 Å². The molecule has 0 aliphatic carbocycles. The van der Waals surface area contributed by atoms with E-state index in [4.69, 9.17) is 4.74 Å². The highest BCUT2D eigenvalue weighted by Crippen LogP contribution is 2.30. The van der Waals surface area contributed by atoms with E-state index in [2.05, 4.69) is 42.4 Å². The van der Waals surface area contributed by atoms with Gasteiger partial charge in [0.25, 0.3) is 5.91 Å². The summed E-state index contributed by atoms with van der Waals surface area (Å²) in [6, 6.07) is 11.6. The van der Waals surface area contributed by atoms with E-state index in [1.54, 1.807) is 17.0 Å². The number of nitrogens with zero attached hydrogens (tertiary/aromatic N) is 3. The predicted octanol–water partition coefficient (Wildman–Crippen LogP) is 2.99. The quantitative estimate of drug-likeness (QED) is 0.930. The molecule has 6 heteroatoms. The van der Waals surface area contributed by atoms with Crippen LogP contribution in [0.15, 0.2) is 36.4 Å². The van der Waals surface area contributed by atoms with Gasteiger partial charge in [-0.25, -0.2) is 0 Å². The lowest BCUT2D eigenvalue weighted by Crippen LogP contribution is -2.41. The molecule has 3 rings (SSSR count). The smallest absolute Gasteiger partial charge is 0.274 e. The van der Waals surface area contributed by atoms with Crippen LogP contribution in [0.4, 0.5) is 11.5 Å². The molecule has 2 aromatic rings. The normalized spacial score (nSPS) is 15.1. The van der Waals surface area contributed by atoms with Gasteiger partial charge in [0.1, 0.15) is 0 Å². The summed E-state index contributed by atoms with van der Waals surface area (Å²) in [5, 5.41) is 11.6. The maximum absolute atomic E-state index is 12.4. The van der Waals surface area contributed by atoms with Crippen LogP contribution in [0.1, 0.15) is 36.8 Å². The first kappa shape index (κ1) is 17.4. The molecule has 1 fully saturated rings. The van der Waals surface area contributed by atoms with Gasteiger partial charge < -0.3 is 15.0 Å². The summed E-state index contributed by atoms with van der Waals surface area (Å²) in [5.41, 5.74) is 2.57. The van der Waals surface area contributed by atoms with Crippen molar-refractivity contribution in [2.45, 2.75) is 26.2 Å². The second-order valence-electron chi connectivity index (χ2n) is 7.13. The van der Waals surface area contributed by atoms with Crippen molar-refractivity contribution in [3.05, 3.63) is 47.7 Å². The Morgan fingerprint density at radius 1 is 1.08 bits per heavy atom. The van der Waals surface area contributed by atoms with Crippen molar-refractivity contribution in [1.82, 2.24) is 15.1 Å². The summed E-state index contributed by atoms with van der Waals surface area (Å²) in [6.45, 7) is 8.85. The zero-order chi connectivity index (χ0) is 17.9. The molecule has 1 saturated heterocycles. The Labute approximate surface area is 148 Å². The van der Waals surface area contributed by atoms with Crippen LogP contribution in [0.25, 0.3) is 0 Å². The molecule has 0 radical (unpaired) electrons. The first-order valence-electron chi connectivity index (χ1n) is 8.52. The van der Waals surface area contributed by atoms with Gasteiger partial charge in [-0.15, -0.1) is 10.2 Å². The van der Waals surface area contributed by atoms with E-state index in [1.807, 2.05) is 18.2 Å². The maximum atomic E-state index is 12.4. The minimum absolute atomic E-state index is 0.0171. The van der Waals surface area contributed by atoms with Crippen LogP contribution >= 0.6 is 0 Å². The second-order valence-corrected chi connectivity index (χ2v) is 7.13. The molecular weight excluding hydrogens is 316 g/mol. The van der Waals surface area contributed by atoms with Crippen LogP contribution < -0.4 is 5.32 Å². The highest BCUT2D eigenvalue weighted by molar-refractivity contribution is 5.92. The van der Waals surface area contributed by atoms with Gasteiger partial charge in [-0.2, -0.15) is 0 Å². The minimum atomic E-state index is -0.0996. The summed E-state index contributed by atoms with van der Waals surface area (Å²) in [7, 11) is 0. The number of hydrogen-bond donors (Lipinski definition) is 1. The van der Waals surface area contributed by atoms with Gasteiger partial charge in [0.05, 0.1) is 13.2 Å². The summed E-state index contributed by atoms with van der Waals surface area (Å²) >= 11 is 0. The molecule has 1 aromatic heterocycles. The molecule has 132 valence electrons. The van der Waals surface area contributed by atoms with E-state index < -0.39 is 0 Å². The molecule has 6 nitrogen and oxygen atoms in total. The van der Waals surface area contributed by atoms with Crippen LogP contribution in [0.2, 0.25) is 0 Å². The van der Waals surface area contributed by atoms with E-state index in [-0.39, 0.29) is 11.3 Å². The molecule has 1 aliphatic rings. The Bertz CT molecular complexity index is 732. The monoisotopic (exact) mass is 340 g/mol. The fraction of sp³-hybridized carbons (Fsp3) is 0.421. The molecule has 1 aromatic carbocycles. The third-order valence-electron chi connectivity index (χ3n) is 4.18. The third kappa shape index (κ3) is 4.14. The molecule has 1 N–H and O–H groups in total. The number of benzene rings is 1. The minimum Gasteiger partial charge on any atom is -0.378 e. The molecule has 0 unspecified atom stereocenters. The number of nitrogens with one attached hydrogen (secondary N) is 1. The van der Waals surface area contributed by atoms with E-state index in [0.29, 0.717) is 37.8 Å². The molecule has 0 bridgehead atoms. The lowest BCUT2D eigenvalue weighted by atomic mass is 9.86. The molecule has 25 heavy (non-hydrogen) atoms. The summed E-state index contributed by atoms with van der Waals surface area (Å²) in [5.74, 6) is 0.521. The fourth-order valence-corrected chi connectivity index (χ4v) is 2.83. The molecule has 0 spiro atoms. The Kier molecular flexibility index (Phi) is 4.99. The molecule has 0 saturated carbocycles. The number of aromatic nitrogens is 2. The van der Waals surface area contributed by atoms with Gasteiger partial charge in [-0.1, -0.05) is 39.0 Å². The summed E-state index contributed by atoms with van der Waals surface area (Å²) in [4.78, 5) is 14.1. The van der Waals surface area contributed by atoms with Crippen molar-refractivity contribution in [2.24, 2.45) is 0 Å². The van der Waals surface area contributed by atoms with Crippen molar-refractivity contribution in [3.8, 4) is 0 Å². The first-order valence-corrected chi connectivity index (χ1v) is 8.52. The molecule has 1 amide bonds. The largest absolute Gasteiger partial charge is 0.378 e. The topological polar surface area (TPSA) is 67.4 Å². The Hall–Kier alpha value is -2.47. The number of carbonyl (C=O) groups is 1. The van der Waals surface area contributed by atoms with Crippen molar-refractivity contribution in [2.75, 3.05) is 31.6 Å². The average molecular weight is 340 g/mol. The second kappa shape index (κ2) is 7.19. The number of rotatable bonds is 3. The zero-order valence-electron chi connectivity index (χ0n) is 15.0. The number of anilines is 2. The Balaban J connectivity index is 1.74. The highest BCUT2D eigenvalue weighted by Gasteiger charge is 2.20. The van der Waals surface area contributed by atoms with Crippen LogP contribution in [0, 0.1) is 0 Å². The zero-order valence-corrected chi connectivity index (χ0v) is 15.0. The lowest BCUT2D eigenvalue weighted by molar-refractivity contribution is 0.0298. The van der Waals surface area contributed by atoms with Crippen LogP contribution in [0.5, 0.6) is 0 Å². The number of carbonyl (C=O) groups excluding carboxylic acids is 1. The average Bonchev–Trinajstić information content (AvgIpc) is 2.62. The van der Waals surface area contributed by atoms with Crippen molar-refractivity contribution in [1.29, 1.82) is 0 Å². The van der Waals surface area contributed by atoms with Gasteiger partial charge >= 0.3 is 0 Å². The fourth-order valence-electron chi connectivity index (χ4n) is 2.83. The van der Waals surface area contributed by atoms with Gasteiger partial charge in [-0.05, 0) is 29.2 Å². The molecule has 1 aliphatic heterocycles. The number of amides is 1. The maximum Gasteiger partial charge on any atom is 0.274 e. The third-order valence-corrected chi connectivity index (χ3v) is 4.18. The van der Waals surface area contributed by atoms with Gasteiger partial charge in [-0.3, -0.25) is 4.79 Å². The van der Waals surface area contributed by atoms with Gasteiger partial charge in [0.15, 0.2) is 11.5 Å². The van der Waals surface area contributed by atoms with E-state index >= 15 is 0 Å². The number of ether oxygens (including phenoxy) is 1. The van der Waals surface area contributed by atoms with Crippen LogP contribution in [0.3, 0.4) is 0 Å². The highest BCUT2D eigenvalue weighted by atomic mass is 16.5. The number of hydrogen-bond acceptors (Lipinski definition) is 5. The Morgan fingerprint density at radius 3 is 2.44 bits per heavy atom. The van der Waals surface area contributed by atoms with E-state index in [0.717, 1.165) is 5.69 Å². The van der Waals surface area contributed by atoms with E-state index in [1.165, 1.54) is 5.56 Å². The molecular formula is C19H24N4O2. The van der Waals surface area contributed by atoms with Crippen molar-refractivity contribution >= 4 is 17.4 Å². The van der Waals surface area contributed by atoms with Crippen molar-refractivity contribution < 1.29 is 9.53 Å². The number of para-hydroxylation sites is 1. The first-order chi connectivity index (χ1) is 11.9. The summed E-state index contributed by atoms with van der Waals surface area (Å²) < 4.78 is 5.27. The predicted molar refractivity (Wildman–Crippen MR) is 97.2 cm³/mol. The Morgan fingerprint density at radius 2 is 1.80 bits per heavy atom. The van der Waals surface area contributed by atoms with Crippen molar-refractivity contribution in [3.63, 3.8) is 0 Å². The molecule has 2 heterocycles. The van der Waals surface area contributed by atoms with Gasteiger partial charge in [0.2, 0.25) is 0 Å². The lowest BCUT2D eigenvalue weighted by Gasteiger charge is -2.26. The number of morpholine rings is 1. The molecule has 0 atom stereocenters. The standard InChI is InChI=1S/C19H24N4O2/c1-19(2,3)14-6-4-5-7-15(14)20-17-9-8-16(21-22-17)18(24)23-10-12-25-13-11-23/h4-9H,10-13H2,1-3H3,(H,20,22). The summed E-state index contributed by atoms with van der Waals surface area (Å²) in [6.07, 6.45) is 0.